The zero-order valence-electron chi connectivity index (χ0n) is 13.8. The van der Waals surface area contributed by atoms with Gasteiger partial charge < -0.3 is 10.1 Å². The lowest BCUT2D eigenvalue weighted by Crippen LogP contribution is -2.41. The molecule has 0 radical (unpaired) electrons. The second kappa shape index (κ2) is 7.64. The van der Waals surface area contributed by atoms with Crippen LogP contribution in [0, 0.1) is 5.92 Å². The van der Waals surface area contributed by atoms with E-state index in [1.54, 1.807) is 7.05 Å². The summed E-state index contributed by atoms with van der Waals surface area (Å²) < 4.78 is 5.25. The van der Waals surface area contributed by atoms with E-state index >= 15 is 0 Å². The lowest BCUT2D eigenvalue weighted by molar-refractivity contribution is -0.170. The van der Waals surface area contributed by atoms with Gasteiger partial charge in [0, 0.05) is 19.5 Å². The Balaban J connectivity index is 2.29. The van der Waals surface area contributed by atoms with Crippen molar-refractivity contribution >= 4 is 12.0 Å². The highest BCUT2D eigenvalue weighted by molar-refractivity contribution is 5.75. The molecule has 0 aromatic carbocycles. The summed E-state index contributed by atoms with van der Waals surface area (Å²) in [5.41, 5.74) is -0.474. The van der Waals surface area contributed by atoms with Gasteiger partial charge in [0.2, 0.25) is 5.91 Å². The van der Waals surface area contributed by atoms with Gasteiger partial charge in [0.15, 0.2) is 0 Å². The van der Waals surface area contributed by atoms with Gasteiger partial charge in [-0.05, 0) is 52.4 Å². The monoisotopic (exact) mass is 300 g/mol. The average molecular weight is 300 g/mol. The third-order valence-corrected chi connectivity index (χ3v) is 3.66. The van der Waals surface area contributed by atoms with E-state index < -0.39 is 5.60 Å². The van der Waals surface area contributed by atoms with Gasteiger partial charge in [0.05, 0.1) is 7.11 Å². The van der Waals surface area contributed by atoms with Gasteiger partial charge in [0.25, 0.3) is 0 Å². The highest BCUT2D eigenvalue weighted by Gasteiger charge is 2.26. The number of carbonyl (C=O) groups is 2. The van der Waals surface area contributed by atoms with E-state index in [0.29, 0.717) is 12.3 Å². The second-order valence-corrected chi connectivity index (χ2v) is 6.64. The van der Waals surface area contributed by atoms with E-state index in [0.717, 1.165) is 25.7 Å². The first-order chi connectivity index (χ1) is 9.71. The Morgan fingerprint density at radius 1 is 1.19 bits per heavy atom. The molecule has 1 rings (SSSR count). The van der Waals surface area contributed by atoms with Gasteiger partial charge >= 0.3 is 6.09 Å². The van der Waals surface area contributed by atoms with Crippen LogP contribution in [0.25, 0.3) is 0 Å². The number of rotatable bonds is 4. The molecule has 1 saturated carbocycles. The molecule has 0 unspecified atom stereocenters. The molecule has 0 bridgehead atoms. The number of hydroxylamine groups is 2. The number of hydrogen-bond acceptors (Lipinski definition) is 4. The third-order valence-electron chi connectivity index (χ3n) is 3.66. The smallest absolute Gasteiger partial charge is 0.407 e. The van der Waals surface area contributed by atoms with Crippen LogP contribution in [-0.2, 0) is 14.4 Å². The Morgan fingerprint density at radius 2 is 1.76 bits per heavy atom. The number of nitrogens with one attached hydrogen (secondary N) is 1. The van der Waals surface area contributed by atoms with Gasteiger partial charge in [-0.25, -0.2) is 9.86 Å². The molecule has 21 heavy (non-hydrogen) atoms. The van der Waals surface area contributed by atoms with E-state index in [1.165, 1.54) is 12.2 Å². The number of carbonyl (C=O) groups excluding carboxylic acids is 2. The fourth-order valence-corrected chi connectivity index (χ4v) is 2.46. The molecule has 1 N–H and O–H groups in total. The van der Waals surface area contributed by atoms with Crippen molar-refractivity contribution in [3.05, 3.63) is 0 Å². The van der Waals surface area contributed by atoms with Crippen LogP contribution in [0.1, 0.15) is 52.9 Å². The average Bonchev–Trinajstić information content (AvgIpc) is 2.37. The Kier molecular flexibility index (Phi) is 6.45. The summed E-state index contributed by atoms with van der Waals surface area (Å²) in [5, 5.41) is 4.17. The molecule has 6 heteroatoms. The standard InChI is InChI=1S/C15H28N2O4/c1-15(2,3)21-14(19)16-12-8-6-11(7-9-12)10-13(18)17(4)20-5/h11-12H,6-10H2,1-5H3,(H,16,19)/t11-,12-. The van der Waals surface area contributed by atoms with E-state index in [9.17, 15) is 9.59 Å². The zero-order valence-corrected chi connectivity index (χ0v) is 13.8. The van der Waals surface area contributed by atoms with Crippen molar-refractivity contribution in [2.75, 3.05) is 14.2 Å². The normalized spacial score (nSPS) is 22.5. The van der Waals surface area contributed by atoms with Gasteiger partial charge in [-0.2, -0.15) is 0 Å². The molecule has 0 saturated heterocycles. The van der Waals surface area contributed by atoms with Gasteiger partial charge in [-0.3, -0.25) is 9.63 Å². The maximum absolute atomic E-state index is 11.8. The number of nitrogens with zero attached hydrogens (tertiary/aromatic N) is 1. The van der Waals surface area contributed by atoms with E-state index in [1.807, 2.05) is 20.8 Å². The Labute approximate surface area is 127 Å². The van der Waals surface area contributed by atoms with Crippen molar-refractivity contribution in [1.82, 2.24) is 10.4 Å². The summed E-state index contributed by atoms with van der Waals surface area (Å²) in [6, 6.07) is 0.145. The molecule has 0 aromatic heterocycles. The summed E-state index contributed by atoms with van der Waals surface area (Å²) in [7, 11) is 3.11. The lowest BCUT2D eigenvalue weighted by Gasteiger charge is -2.30. The molecule has 0 atom stereocenters. The lowest BCUT2D eigenvalue weighted by atomic mass is 9.84. The minimum absolute atomic E-state index is 0.000974. The molecule has 0 spiro atoms. The quantitative estimate of drug-likeness (QED) is 0.810. The maximum Gasteiger partial charge on any atom is 0.407 e. The third kappa shape index (κ3) is 6.80. The fourth-order valence-electron chi connectivity index (χ4n) is 2.46. The summed E-state index contributed by atoms with van der Waals surface area (Å²) >= 11 is 0. The van der Waals surface area contributed by atoms with Crippen molar-refractivity contribution in [3.8, 4) is 0 Å². The van der Waals surface area contributed by atoms with Gasteiger partial charge in [0.1, 0.15) is 5.60 Å². The van der Waals surface area contributed by atoms with Crippen molar-refractivity contribution < 1.29 is 19.2 Å². The molecule has 6 nitrogen and oxygen atoms in total. The number of amides is 2. The van der Waals surface area contributed by atoms with Crippen LogP contribution in [0.2, 0.25) is 0 Å². The van der Waals surface area contributed by atoms with E-state index in [2.05, 4.69) is 5.32 Å². The van der Waals surface area contributed by atoms with Crippen molar-refractivity contribution in [2.45, 2.75) is 64.5 Å². The largest absolute Gasteiger partial charge is 0.444 e. The summed E-state index contributed by atoms with van der Waals surface area (Å²) in [5.74, 6) is 0.368. The first-order valence-corrected chi connectivity index (χ1v) is 7.51. The molecule has 1 aliphatic rings. The summed E-state index contributed by atoms with van der Waals surface area (Å²) in [6.45, 7) is 5.55. The van der Waals surface area contributed by atoms with Crippen LogP contribution in [0.3, 0.4) is 0 Å². The Morgan fingerprint density at radius 3 is 2.24 bits per heavy atom. The van der Waals surface area contributed by atoms with Crippen molar-refractivity contribution in [3.63, 3.8) is 0 Å². The molecule has 1 fully saturated rings. The van der Waals surface area contributed by atoms with Crippen LogP contribution >= 0.6 is 0 Å². The molecule has 122 valence electrons. The maximum atomic E-state index is 11.8. The minimum Gasteiger partial charge on any atom is -0.444 e. The predicted octanol–water partition coefficient (Wildman–Crippen LogP) is 2.48. The molecule has 2 amide bonds. The molecule has 0 aliphatic heterocycles. The van der Waals surface area contributed by atoms with E-state index in [-0.39, 0.29) is 18.0 Å². The van der Waals surface area contributed by atoms with Crippen LogP contribution in [0.15, 0.2) is 0 Å². The second-order valence-electron chi connectivity index (χ2n) is 6.64. The summed E-state index contributed by atoms with van der Waals surface area (Å²) in [4.78, 5) is 28.4. The predicted molar refractivity (Wildman–Crippen MR) is 79.5 cm³/mol. The molecule has 1 aliphatic carbocycles. The van der Waals surface area contributed by atoms with E-state index in [4.69, 9.17) is 9.57 Å². The number of ether oxygens (including phenoxy) is 1. The molecular weight excluding hydrogens is 272 g/mol. The fraction of sp³-hybridized carbons (Fsp3) is 0.867. The minimum atomic E-state index is -0.474. The Hall–Kier alpha value is -1.30. The van der Waals surface area contributed by atoms with Crippen LogP contribution in [0.4, 0.5) is 4.79 Å². The zero-order chi connectivity index (χ0) is 16.0. The topological polar surface area (TPSA) is 67.9 Å². The van der Waals surface area contributed by atoms with Gasteiger partial charge in [-0.1, -0.05) is 0 Å². The van der Waals surface area contributed by atoms with Gasteiger partial charge in [-0.15, -0.1) is 0 Å². The number of alkyl carbamates (subject to hydrolysis) is 1. The first-order valence-electron chi connectivity index (χ1n) is 7.51. The number of hydrogen-bond donors (Lipinski definition) is 1. The molecule has 0 heterocycles. The first kappa shape index (κ1) is 17.8. The molecular formula is C15H28N2O4. The van der Waals surface area contributed by atoms with Crippen LogP contribution in [0.5, 0.6) is 0 Å². The van der Waals surface area contributed by atoms with Crippen LogP contribution in [-0.4, -0.2) is 42.9 Å². The molecule has 0 aromatic rings. The Bertz CT molecular complexity index is 357. The SMILES string of the molecule is CON(C)C(=O)C[C@H]1CC[C@H](NC(=O)OC(C)(C)C)CC1. The summed E-state index contributed by atoms with van der Waals surface area (Å²) in [6.07, 6.45) is 3.78. The highest BCUT2D eigenvalue weighted by Crippen LogP contribution is 2.27. The van der Waals surface area contributed by atoms with Crippen molar-refractivity contribution in [2.24, 2.45) is 5.92 Å². The van der Waals surface area contributed by atoms with Crippen LogP contribution < -0.4 is 5.32 Å². The van der Waals surface area contributed by atoms with Crippen molar-refractivity contribution in [1.29, 1.82) is 0 Å². The highest BCUT2D eigenvalue weighted by atomic mass is 16.7.